The van der Waals surface area contributed by atoms with Gasteiger partial charge in [0.15, 0.2) is 11.6 Å². The number of piperazine rings is 1. The van der Waals surface area contributed by atoms with E-state index in [0.29, 0.717) is 37.9 Å². The van der Waals surface area contributed by atoms with Crippen LogP contribution in [0.1, 0.15) is 6.92 Å². The number of amides is 1. The second-order valence-corrected chi connectivity index (χ2v) is 6.67. The number of rotatable bonds is 5. The Kier molecular flexibility index (Phi) is 5.51. The minimum atomic E-state index is 0.0999. The first-order chi connectivity index (χ1) is 14.2. The number of nitrogens with zero attached hydrogens (tertiary/aromatic N) is 5. The molecule has 0 atom stereocenters. The van der Waals surface area contributed by atoms with E-state index in [2.05, 4.69) is 25.4 Å². The van der Waals surface area contributed by atoms with Crippen molar-refractivity contribution in [2.45, 2.75) is 6.92 Å². The van der Waals surface area contributed by atoms with E-state index in [1.807, 2.05) is 59.5 Å². The van der Waals surface area contributed by atoms with E-state index in [9.17, 15) is 4.79 Å². The lowest BCUT2D eigenvalue weighted by molar-refractivity contribution is -0.129. The summed E-state index contributed by atoms with van der Waals surface area (Å²) in [4.78, 5) is 20.0. The third-order valence-corrected chi connectivity index (χ3v) is 4.70. The number of carbonyl (C=O) groups is 1. The van der Waals surface area contributed by atoms with Gasteiger partial charge in [-0.3, -0.25) is 4.79 Å². The highest BCUT2D eigenvalue weighted by Crippen LogP contribution is 2.30. The van der Waals surface area contributed by atoms with Crippen LogP contribution in [0.2, 0.25) is 0 Å². The van der Waals surface area contributed by atoms with E-state index >= 15 is 0 Å². The van der Waals surface area contributed by atoms with Crippen molar-refractivity contribution < 1.29 is 9.53 Å². The molecule has 0 spiro atoms. The lowest BCUT2D eigenvalue weighted by atomic mass is 10.3. The summed E-state index contributed by atoms with van der Waals surface area (Å²) in [6.07, 6.45) is 1.64. The van der Waals surface area contributed by atoms with E-state index in [-0.39, 0.29) is 5.91 Å². The molecule has 0 aliphatic carbocycles. The summed E-state index contributed by atoms with van der Waals surface area (Å²) in [7, 11) is 0. The monoisotopic (exact) mass is 390 g/mol. The molecular formula is C21H22N6O2. The molecule has 1 saturated heterocycles. The van der Waals surface area contributed by atoms with Crippen molar-refractivity contribution in [3.8, 4) is 11.5 Å². The number of benzene rings is 2. The Balaban J connectivity index is 1.48. The van der Waals surface area contributed by atoms with Crippen LogP contribution in [0.4, 0.5) is 17.5 Å². The summed E-state index contributed by atoms with van der Waals surface area (Å²) in [5.41, 5.74) is 0.747. The first kappa shape index (κ1) is 18.7. The first-order valence-corrected chi connectivity index (χ1v) is 9.48. The average Bonchev–Trinajstić information content (AvgIpc) is 2.76. The van der Waals surface area contributed by atoms with Gasteiger partial charge in [-0.2, -0.15) is 10.1 Å². The average molecular weight is 390 g/mol. The summed E-state index contributed by atoms with van der Waals surface area (Å²) >= 11 is 0. The second kappa shape index (κ2) is 8.55. The molecule has 2 aromatic carbocycles. The first-order valence-electron chi connectivity index (χ1n) is 9.48. The van der Waals surface area contributed by atoms with Crippen molar-refractivity contribution in [2.24, 2.45) is 0 Å². The summed E-state index contributed by atoms with van der Waals surface area (Å²) in [5.74, 6) is 2.64. The molecule has 29 heavy (non-hydrogen) atoms. The molecule has 1 aliphatic heterocycles. The standard InChI is InChI=1S/C21H22N6O2/c1-16(28)26-11-13-27(14-12-26)20-15-22-25-21(24-20)23-18-9-5-6-10-19(18)29-17-7-3-2-4-8-17/h2-10,15H,11-14H2,1H3,(H,23,24,25). The molecule has 1 amide bonds. The van der Waals surface area contributed by atoms with Crippen LogP contribution in [-0.4, -0.2) is 52.2 Å². The Morgan fingerprint density at radius 1 is 1.00 bits per heavy atom. The van der Waals surface area contributed by atoms with Crippen molar-refractivity contribution in [3.63, 3.8) is 0 Å². The maximum atomic E-state index is 11.5. The zero-order valence-corrected chi connectivity index (χ0v) is 16.2. The topological polar surface area (TPSA) is 83.5 Å². The Bertz CT molecular complexity index is 974. The van der Waals surface area contributed by atoms with Crippen LogP contribution in [0.15, 0.2) is 60.8 Å². The number of para-hydroxylation sites is 3. The highest BCUT2D eigenvalue weighted by atomic mass is 16.5. The normalized spacial score (nSPS) is 13.8. The Hall–Kier alpha value is -3.68. The molecule has 2 heterocycles. The zero-order valence-electron chi connectivity index (χ0n) is 16.2. The third kappa shape index (κ3) is 4.60. The number of nitrogens with one attached hydrogen (secondary N) is 1. The van der Waals surface area contributed by atoms with Gasteiger partial charge in [0.2, 0.25) is 11.9 Å². The van der Waals surface area contributed by atoms with Crippen molar-refractivity contribution in [2.75, 3.05) is 36.4 Å². The number of aromatic nitrogens is 3. The second-order valence-electron chi connectivity index (χ2n) is 6.67. The van der Waals surface area contributed by atoms with Crippen LogP contribution < -0.4 is 15.0 Å². The van der Waals surface area contributed by atoms with Gasteiger partial charge in [-0.05, 0) is 24.3 Å². The molecule has 8 heteroatoms. The van der Waals surface area contributed by atoms with Crippen LogP contribution in [0.25, 0.3) is 0 Å². The maximum absolute atomic E-state index is 11.5. The molecule has 0 unspecified atom stereocenters. The Morgan fingerprint density at radius 3 is 2.48 bits per heavy atom. The van der Waals surface area contributed by atoms with Gasteiger partial charge >= 0.3 is 0 Å². The third-order valence-electron chi connectivity index (χ3n) is 4.70. The predicted octanol–water partition coefficient (Wildman–Crippen LogP) is 3.08. The SMILES string of the molecule is CC(=O)N1CCN(c2cnnc(Nc3ccccc3Oc3ccccc3)n2)CC1. The molecule has 148 valence electrons. The summed E-state index contributed by atoms with van der Waals surface area (Å²) < 4.78 is 5.98. The number of anilines is 3. The van der Waals surface area contributed by atoms with Crippen molar-refractivity contribution >= 4 is 23.4 Å². The fourth-order valence-electron chi connectivity index (χ4n) is 3.15. The lowest BCUT2D eigenvalue weighted by Gasteiger charge is -2.34. The van der Waals surface area contributed by atoms with Gasteiger partial charge in [0.25, 0.3) is 0 Å². The molecule has 3 aromatic rings. The van der Waals surface area contributed by atoms with E-state index in [1.54, 1.807) is 13.1 Å². The van der Waals surface area contributed by atoms with E-state index in [4.69, 9.17) is 4.74 Å². The van der Waals surface area contributed by atoms with Gasteiger partial charge in [-0.25, -0.2) is 0 Å². The smallest absolute Gasteiger partial charge is 0.249 e. The summed E-state index contributed by atoms with van der Waals surface area (Å²) in [5, 5.41) is 11.4. The van der Waals surface area contributed by atoms with Crippen molar-refractivity contribution in [1.82, 2.24) is 20.1 Å². The Morgan fingerprint density at radius 2 is 1.72 bits per heavy atom. The highest BCUT2D eigenvalue weighted by molar-refractivity contribution is 5.73. The summed E-state index contributed by atoms with van der Waals surface area (Å²) in [6, 6.07) is 17.2. The number of ether oxygens (including phenoxy) is 1. The summed E-state index contributed by atoms with van der Waals surface area (Å²) in [6.45, 7) is 4.38. The molecule has 4 rings (SSSR count). The fraction of sp³-hybridized carbons (Fsp3) is 0.238. The highest BCUT2D eigenvalue weighted by Gasteiger charge is 2.20. The maximum Gasteiger partial charge on any atom is 0.249 e. The quantitative estimate of drug-likeness (QED) is 0.717. The molecule has 1 N–H and O–H groups in total. The minimum absolute atomic E-state index is 0.0999. The lowest BCUT2D eigenvalue weighted by Crippen LogP contribution is -2.48. The molecule has 1 aliphatic rings. The Labute approximate surface area is 169 Å². The van der Waals surface area contributed by atoms with Gasteiger partial charge in [-0.15, -0.1) is 5.10 Å². The van der Waals surface area contributed by atoms with Crippen LogP contribution in [0.3, 0.4) is 0 Å². The molecule has 1 fully saturated rings. The van der Waals surface area contributed by atoms with Crippen LogP contribution in [0, 0.1) is 0 Å². The number of carbonyl (C=O) groups excluding carboxylic acids is 1. The zero-order chi connectivity index (χ0) is 20.1. The molecule has 0 radical (unpaired) electrons. The fourth-order valence-corrected chi connectivity index (χ4v) is 3.15. The molecule has 8 nitrogen and oxygen atoms in total. The molecule has 1 aromatic heterocycles. The van der Waals surface area contributed by atoms with Gasteiger partial charge in [0.1, 0.15) is 5.75 Å². The van der Waals surface area contributed by atoms with Crippen molar-refractivity contribution in [1.29, 1.82) is 0 Å². The number of hydrogen-bond donors (Lipinski definition) is 1. The van der Waals surface area contributed by atoms with E-state index in [1.165, 1.54) is 0 Å². The van der Waals surface area contributed by atoms with Gasteiger partial charge in [0, 0.05) is 33.1 Å². The molecular weight excluding hydrogens is 368 g/mol. The van der Waals surface area contributed by atoms with Gasteiger partial charge in [-0.1, -0.05) is 30.3 Å². The van der Waals surface area contributed by atoms with Crippen LogP contribution in [0.5, 0.6) is 11.5 Å². The predicted molar refractivity (Wildman–Crippen MR) is 111 cm³/mol. The van der Waals surface area contributed by atoms with Crippen LogP contribution >= 0.6 is 0 Å². The van der Waals surface area contributed by atoms with Crippen molar-refractivity contribution in [3.05, 3.63) is 60.8 Å². The molecule has 0 bridgehead atoms. The van der Waals surface area contributed by atoms with Gasteiger partial charge in [0.05, 0.1) is 11.9 Å². The molecule has 0 saturated carbocycles. The minimum Gasteiger partial charge on any atom is -0.455 e. The van der Waals surface area contributed by atoms with E-state index < -0.39 is 0 Å². The van der Waals surface area contributed by atoms with Gasteiger partial charge < -0.3 is 19.9 Å². The van der Waals surface area contributed by atoms with Crippen LogP contribution in [-0.2, 0) is 4.79 Å². The largest absolute Gasteiger partial charge is 0.455 e. The number of hydrogen-bond acceptors (Lipinski definition) is 7. The van der Waals surface area contributed by atoms with E-state index in [0.717, 1.165) is 17.3 Å².